The lowest BCUT2D eigenvalue weighted by Crippen LogP contribution is -2.34. The van der Waals surface area contributed by atoms with Crippen molar-refractivity contribution in [2.75, 3.05) is 13.2 Å². The topological polar surface area (TPSA) is 74.5 Å². The van der Waals surface area contributed by atoms with Crippen molar-refractivity contribution in [1.29, 1.82) is 0 Å². The van der Waals surface area contributed by atoms with E-state index < -0.39 is 6.10 Å². The summed E-state index contributed by atoms with van der Waals surface area (Å²) in [5, 5.41) is 20.3. The van der Waals surface area contributed by atoms with E-state index in [1.807, 2.05) is 16.8 Å². The fourth-order valence-corrected chi connectivity index (χ4v) is 1.62. The second kappa shape index (κ2) is 4.67. The number of rotatable bonds is 5. The third-order valence-corrected chi connectivity index (χ3v) is 2.66. The molecule has 0 spiro atoms. The van der Waals surface area contributed by atoms with Gasteiger partial charge in [-0.05, 0) is 25.0 Å². The molecule has 0 radical (unpaired) electrons. The van der Waals surface area contributed by atoms with E-state index in [1.165, 1.54) is 0 Å². The smallest absolute Gasteiger partial charge is 0.268 e. The molecule has 1 unspecified atom stereocenters. The number of aliphatic hydroxyl groups is 2. The Hall–Kier alpha value is -1.33. The predicted octanol–water partition coefficient (Wildman–Crippen LogP) is -0.0940. The van der Waals surface area contributed by atoms with Crippen LogP contribution in [0.4, 0.5) is 0 Å². The number of carbonyl (C=O) groups is 1. The maximum atomic E-state index is 11.8. The van der Waals surface area contributed by atoms with Gasteiger partial charge >= 0.3 is 0 Å². The molecule has 3 N–H and O–H groups in total. The van der Waals surface area contributed by atoms with Crippen LogP contribution in [-0.4, -0.2) is 39.9 Å². The quantitative estimate of drug-likeness (QED) is 0.654. The standard InChI is InChI=1S/C11H16N2O3/c14-7-9(15)6-12-11(16)10-2-1-5-13(10)8-3-4-8/h1-2,5,8-9,14-15H,3-4,6-7H2,(H,12,16). The third kappa shape index (κ3) is 2.43. The first-order chi connectivity index (χ1) is 7.72. The molecule has 88 valence electrons. The lowest BCUT2D eigenvalue weighted by Gasteiger charge is -2.10. The van der Waals surface area contributed by atoms with Gasteiger partial charge in [0.15, 0.2) is 0 Å². The van der Waals surface area contributed by atoms with Crippen LogP contribution in [0.15, 0.2) is 18.3 Å². The van der Waals surface area contributed by atoms with E-state index >= 15 is 0 Å². The van der Waals surface area contributed by atoms with Gasteiger partial charge in [-0.25, -0.2) is 0 Å². The van der Waals surface area contributed by atoms with Gasteiger partial charge in [0.1, 0.15) is 5.69 Å². The lowest BCUT2D eigenvalue weighted by atomic mass is 10.3. The van der Waals surface area contributed by atoms with Crippen molar-refractivity contribution < 1.29 is 15.0 Å². The Labute approximate surface area is 93.7 Å². The normalized spacial score (nSPS) is 17.1. The summed E-state index contributed by atoms with van der Waals surface area (Å²) in [6.45, 7) is -0.269. The summed E-state index contributed by atoms with van der Waals surface area (Å²) in [5.41, 5.74) is 0.618. The zero-order valence-electron chi connectivity index (χ0n) is 8.97. The van der Waals surface area contributed by atoms with Crippen molar-refractivity contribution >= 4 is 5.91 Å². The van der Waals surface area contributed by atoms with Crippen LogP contribution in [0.3, 0.4) is 0 Å². The number of amides is 1. The summed E-state index contributed by atoms with van der Waals surface area (Å²) in [6, 6.07) is 4.06. The molecule has 2 rings (SSSR count). The molecule has 1 heterocycles. The van der Waals surface area contributed by atoms with Crippen molar-refractivity contribution in [3.05, 3.63) is 24.0 Å². The fourth-order valence-electron chi connectivity index (χ4n) is 1.62. The molecule has 0 bridgehead atoms. The number of aliphatic hydroxyl groups excluding tert-OH is 2. The van der Waals surface area contributed by atoms with Crippen LogP contribution in [0.5, 0.6) is 0 Å². The molecular weight excluding hydrogens is 208 g/mol. The first-order valence-electron chi connectivity index (χ1n) is 5.46. The molecule has 1 aliphatic rings. The lowest BCUT2D eigenvalue weighted by molar-refractivity contribution is 0.0796. The monoisotopic (exact) mass is 224 g/mol. The van der Waals surface area contributed by atoms with Gasteiger partial charge in [0.05, 0.1) is 12.7 Å². The van der Waals surface area contributed by atoms with Crippen LogP contribution < -0.4 is 5.32 Å². The largest absolute Gasteiger partial charge is 0.394 e. The Morgan fingerprint density at radius 3 is 3.00 bits per heavy atom. The zero-order chi connectivity index (χ0) is 11.5. The van der Waals surface area contributed by atoms with Gasteiger partial charge in [-0.2, -0.15) is 0 Å². The average molecular weight is 224 g/mol. The van der Waals surface area contributed by atoms with Crippen LogP contribution in [-0.2, 0) is 0 Å². The van der Waals surface area contributed by atoms with Crippen LogP contribution in [0, 0.1) is 0 Å². The summed E-state index contributed by atoms with van der Waals surface area (Å²) in [4.78, 5) is 11.8. The maximum absolute atomic E-state index is 11.8. The number of nitrogens with zero attached hydrogens (tertiary/aromatic N) is 1. The number of nitrogens with one attached hydrogen (secondary N) is 1. The molecule has 0 aromatic carbocycles. The molecule has 1 aromatic heterocycles. The van der Waals surface area contributed by atoms with E-state index in [2.05, 4.69) is 5.32 Å². The van der Waals surface area contributed by atoms with Crippen molar-refractivity contribution in [2.24, 2.45) is 0 Å². The van der Waals surface area contributed by atoms with E-state index in [0.717, 1.165) is 12.8 Å². The second-order valence-corrected chi connectivity index (χ2v) is 4.08. The molecule has 1 aliphatic carbocycles. The van der Waals surface area contributed by atoms with Crippen molar-refractivity contribution in [3.8, 4) is 0 Å². The van der Waals surface area contributed by atoms with E-state index in [-0.39, 0.29) is 19.1 Å². The molecule has 5 heteroatoms. The van der Waals surface area contributed by atoms with Gasteiger partial charge in [0.25, 0.3) is 5.91 Å². The summed E-state index contributed by atoms with van der Waals surface area (Å²) in [7, 11) is 0. The summed E-state index contributed by atoms with van der Waals surface area (Å²) < 4.78 is 1.96. The fraction of sp³-hybridized carbons (Fsp3) is 0.545. The molecule has 1 aromatic rings. The van der Waals surface area contributed by atoms with Crippen LogP contribution in [0.1, 0.15) is 29.4 Å². The van der Waals surface area contributed by atoms with Gasteiger partial charge in [-0.15, -0.1) is 0 Å². The molecule has 1 atom stereocenters. The SMILES string of the molecule is O=C(NCC(O)CO)c1cccn1C1CC1. The number of hydrogen-bond donors (Lipinski definition) is 3. The Balaban J connectivity index is 1.95. The van der Waals surface area contributed by atoms with Gasteiger partial charge < -0.3 is 20.1 Å². The Kier molecular flexibility index (Phi) is 3.26. The highest BCUT2D eigenvalue weighted by molar-refractivity contribution is 5.92. The van der Waals surface area contributed by atoms with Gasteiger partial charge in [0, 0.05) is 18.8 Å². The van der Waals surface area contributed by atoms with E-state index in [0.29, 0.717) is 11.7 Å². The summed E-state index contributed by atoms with van der Waals surface area (Å²) in [5.74, 6) is -0.204. The van der Waals surface area contributed by atoms with E-state index in [4.69, 9.17) is 10.2 Å². The molecule has 0 aliphatic heterocycles. The highest BCUT2D eigenvalue weighted by Gasteiger charge is 2.26. The molecule has 16 heavy (non-hydrogen) atoms. The predicted molar refractivity (Wildman–Crippen MR) is 58.1 cm³/mol. The molecule has 1 saturated carbocycles. The Bertz CT molecular complexity index is 371. The number of carbonyl (C=O) groups excluding carboxylic acids is 1. The molecular formula is C11H16N2O3. The highest BCUT2D eigenvalue weighted by atomic mass is 16.3. The van der Waals surface area contributed by atoms with Crippen molar-refractivity contribution in [2.45, 2.75) is 25.0 Å². The average Bonchev–Trinajstić information content (AvgIpc) is 3.03. The Morgan fingerprint density at radius 1 is 1.62 bits per heavy atom. The minimum Gasteiger partial charge on any atom is -0.394 e. The number of hydrogen-bond acceptors (Lipinski definition) is 3. The van der Waals surface area contributed by atoms with E-state index in [9.17, 15) is 4.79 Å². The van der Waals surface area contributed by atoms with Gasteiger partial charge in [0.2, 0.25) is 0 Å². The molecule has 1 amide bonds. The zero-order valence-corrected chi connectivity index (χ0v) is 8.97. The minimum absolute atomic E-state index is 0.0746. The van der Waals surface area contributed by atoms with Gasteiger partial charge in [-0.1, -0.05) is 0 Å². The summed E-state index contributed by atoms with van der Waals surface area (Å²) >= 11 is 0. The minimum atomic E-state index is -0.895. The summed E-state index contributed by atoms with van der Waals surface area (Å²) in [6.07, 6.45) is 3.24. The second-order valence-electron chi connectivity index (χ2n) is 4.08. The molecule has 0 saturated heterocycles. The first kappa shape index (κ1) is 11.2. The highest BCUT2D eigenvalue weighted by Crippen LogP contribution is 2.35. The molecule has 1 fully saturated rings. The Morgan fingerprint density at radius 2 is 2.38 bits per heavy atom. The third-order valence-electron chi connectivity index (χ3n) is 2.66. The number of aromatic nitrogens is 1. The first-order valence-corrected chi connectivity index (χ1v) is 5.46. The van der Waals surface area contributed by atoms with Gasteiger partial charge in [-0.3, -0.25) is 4.79 Å². The van der Waals surface area contributed by atoms with Crippen LogP contribution in [0.2, 0.25) is 0 Å². The van der Waals surface area contributed by atoms with Crippen LogP contribution in [0.25, 0.3) is 0 Å². The van der Waals surface area contributed by atoms with Crippen LogP contribution >= 0.6 is 0 Å². The van der Waals surface area contributed by atoms with Crippen molar-refractivity contribution in [1.82, 2.24) is 9.88 Å². The molecule has 5 nitrogen and oxygen atoms in total. The van der Waals surface area contributed by atoms with Crippen molar-refractivity contribution in [3.63, 3.8) is 0 Å². The van der Waals surface area contributed by atoms with E-state index in [1.54, 1.807) is 6.07 Å². The maximum Gasteiger partial charge on any atom is 0.268 e.